The molecule has 0 aliphatic rings. The average Bonchev–Trinajstić information content (AvgIpc) is 1.80. The summed E-state index contributed by atoms with van der Waals surface area (Å²) in [5.41, 5.74) is 0.871. The second-order valence-corrected chi connectivity index (χ2v) is 4.09. The monoisotopic (exact) mass is 157 g/mol. The normalized spacial score (nSPS) is 13.9. The summed E-state index contributed by atoms with van der Waals surface area (Å²) in [7, 11) is 0. The van der Waals surface area contributed by atoms with Crippen molar-refractivity contribution >= 4 is 5.71 Å². The van der Waals surface area contributed by atoms with E-state index in [0.29, 0.717) is 5.92 Å². The minimum absolute atomic E-state index is 0.170. The van der Waals surface area contributed by atoms with E-state index in [1.165, 1.54) is 0 Å². The standard InChI is InChI=1S/C9H19NO/c1-7(2)8(3)10-11-9(4,5)6/h7H,1-6H3. The number of hydrogen-bond acceptors (Lipinski definition) is 2. The van der Waals surface area contributed by atoms with Gasteiger partial charge in [0.25, 0.3) is 0 Å². The van der Waals surface area contributed by atoms with Crippen LogP contribution in [0.5, 0.6) is 0 Å². The molecule has 0 fully saturated rings. The zero-order valence-corrected chi connectivity index (χ0v) is 8.43. The predicted octanol–water partition coefficient (Wildman–Crippen LogP) is 2.83. The van der Waals surface area contributed by atoms with Crippen LogP contribution < -0.4 is 0 Å². The first-order chi connectivity index (χ1) is 4.83. The lowest BCUT2D eigenvalue weighted by atomic mass is 10.1. The second-order valence-electron chi connectivity index (χ2n) is 4.09. The van der Waals surface area contributed by atoms with Crippen molar-refractivity contribution in [3.05, 3.63) is 0 Å². The summed E-state index contributed by atoms with van der Waals surface area (Å²) in [6, 6.07) is 0. The van der Waals surface area contributed by atoms with E-state index in [1.54, 1.807) is 0 Å². The van der Waals surface area contributed by atoms with E-state index in [9.17, 15) is 0 Å². The van der Waals surface area contributed by atoms with Crippen LogP contribution >= 0.6 is 0 Å². The van der Waals surface area contributed by atoms with Gasteiger partial charge in [0, 0.05) is 0 Å². The molecule has 0 spiro atoms. The summed E-state index contributed by atoms with van der Waals surface area (Å²) < 4.78 is 0. The van der Waals surface area contributed by atoms with Crippen molar-refractivity contribution in [2.75, 3.05) is 0 Å². The Morgan fingerprint density at radius 3 is 2.00 bits per heavy atom. The van der Waals surface area contributed by atoms with Gasteiger partial charge in [-0.05, 0) is 33.6 Å². The van der Waals surface area contributed by atoms with Gasteiger partial charge in [-0.25, -0.2) is 0 Å². The number of rotatable bonds is 2. The minimum atomic E-state index is -0.170. The van der Waals surface area contributed by atoms with Crippen molar-refractivity contribution < 1.29 is 4.84 Å². The SMILES string of the molecule is CC(=NOC(C)(C)C)C(C)C. The maximum atomic E-state index is 5.24. The van der Waals surface area contributed by atoms with Crippen molar-refractivity contribution in [1.29, 1.82) is 0 Å². The molecule has 0 N–H and O–H groups in total. The van der Waals surface area contributed by atoms with Gasteiger partial charge in [-0.2, -0.15) is 0 Å². The lowest BCUT2D eigenvalue weighted by molar-refractivity contribution is 0.0000999. The van der Waals surface area contributed by atoms with E-state index in [2.05, 4.69) is 19.0 Å². The molecule has 0 unspecified atom stereocenters. The van der Waals surface area contributed by atoms with Gasteiger partial charge < -0.3 is 4.84 Å². The van der Waals surface area contributed by atoms with Crippen molar-refractivity contribution in [1.82, 2.24) is 0 Å². The van der Waals surface area contributed by atoms with Crippen LogP contribution in [0.4, 0.5) is 0 Å². The highest BCUT2D eigenvalue weighted by Gasteiger charge is 2.10. The Kier molecular flexibility index (Phi) is 3.56. The molecule has 0 aromatic rings. The van der Waals surface area contributed by atoms with Crippen LogP contribution in [0.1, 0.15) is 41.5 Å². The van der Waals surface area contributed by atoms with Crippen molar-refractivity contribution in [2.45, 2.75) is 47.1 Å². The van der Waals surface area contributed by atoms with Crippen LogP contribution in [0.2, 0.25) is 0 Å². The quantitative estimate of drug-likeness (QED) is 0.446. The third-order valence-electron chi connectivity index (χ3n) is 1.30. The molecule has 0 aromatic heterocycles. The fraction of sp³-hybridized carbons (Fsp3) is 0.889. The zero-order chi connectivity index (χ0) is 9.07. The van der Waals surface area contributed by atoms with E-state index >= 15 is 0 Å². The van der Waals surface area contributed by atoms with Gasteiger partial charge in [-0.3, -0.25) is 0 Å². The van der Waals surface area contributed by atoms with Gasteiger partial charge in [0.2, 0.25) is 0 Å². The molecule has 2 heteroatoms. The van der Waals surface area contributed by atoms with Crippen LogP contribution in [0.3, 0.4) is 0 Å². The smallest absolute Gasteiger partial charge is 0.129 e. The minimum Gasteiger partial charge on any atom is -0.390 e. The molecule has 0 saturated carbocycles. The molecule has 0 heterocycles. The molecule has 0 saturated heterocycles. The number of hydrogen-bond donors (Lipinski definition) is 0. The van der Waals surface area contributed by atoms with Crippen LogP contribution in [-0.2, 0) is 4.84 Å². The highest BCUT2D eigenvalue weighted by molar-refractivity contribution is 5.83. The first kappa shape index (κ1) is 10.5. The Morgan fingerprint density at radius 2 is 1.73 bits per heavy atom. The molecule has 11 heavy (non-hydrogen) atoms. The molecule has 0 aliphatic carbocycles. The third-order valence-corrected chi connectivity index (χ3v) is 1.30. The Labute approximate surface area is 69.6 Å². The molecule has 2 nitrogen and oxygen atoms in total. The van der Waals surface area contributed by atoms with Crippen molar-refractivity contribution in [3.63, 3.8) is 0 Å². The van der Waals surface area contributed by atoms with Crippen LogP contribution in [0, 0.1) is 5.92 Å². The summed E-state index contributed by atoms with van der Waals surface area (Å²) in [5, 5.41) is 4.01. The van der Waals surface area contributed by atoms with Gasteiger partial charge in [-0.1, -0.05) is 19.0 Å². The molecular formula is C9H19NO. The first-order valence-electron chi connectivity index (χ1n) is 4.05. The van der Waals surface area contributed by atoms with E-state index in [-0.39, 0.29) is 5.60 Å². The van der Waals surface area contributed by atoms with Crippen molar-refractivity contribution in [3.8, 4) is 0 Å². The molecule has 66 valence electrons. The lowest BCUT2D eigenvalue weighted by Gasteiger charge is -2.16. The molecule has 0 atom stereocenters. The fourth-order valence-corrected chi connectivity index (χ4v) is 0.314. The predicted molar refractivity (Wildman–Crippen MR) is 48.8 cm³/mol. The van der Waals surface area contributed by atoms with E-state index in [4.69, 9.17) is 4.84 Å². The van der Waals surface area contributed by atoms with Gasteiger partial charge >= 0.3 is 0 Å². The molecule has 0 radical (unpaired) electrons. The maximum absolute atomic E-state index is 5.24. The summed E-state index contributed by atoms with van der Waals surface area (Å²) in [6.45, 7) is 12.2. The Hall–Kier alpha value is -0.530. The molecule has 0 aromatic carbocycles. The van der Waals surface area contributed by atoms with Gasteiger partial charge in [0.05, 0.1) is 5.71 Å². The summed E-state index contributed by atoms with van der Waals surface area (Å²) in [4.78, 5) is 5.24. The molecule has 0 rings (SSSR count). The Morgan fingerprint density at radius 1 is 1.27 bits per heavy atom. The molecular weight excluding hydrogens is 138 g/mol. The van der Waals surface area contributed by atoms with Gasteiger partial charge in [0.1, 0.15) is 5.60 Å². The second kappa shape index (κ2) is 3.74. The summed E-state index contributed by atoms with van der Waals surface area (Å²) in [6.07, 6.45) is 0. The largest absolute Gasteiger partial charge is 0.390 e. The van der Waals surface area contributed by atoms with Gasteiger partial charge in [0.15, 0.2) is 0 Å². The highest BCUT2D eigenvalue weighted by atomic mass is 16.6. The molecule has 0 bridgehead atoms. The highest BCUT2D eigenvalue weighted by Crippen LogP contribution is 2.08. The summed E-state index contributed by atoms with van der Waals surface area (Å²) in [5.74, 6) is 0.470. The molecule has 0 amide bonds. The third kappa shape index (κ3) is 5.89. The van der Waals surface area contributed by atoms with Crippen molar-refractivity contribution in [2.24, 2.45) is 11.1 Å². The zero-order valence-electron chi connectivity index (χ0n) is 8.43. The van der Waals surface area contributed by atoms with E-state index < -0.39 is 0 Å². The molecule has 0 aliphatic heterocycles. The fourth-order valence-electron chi connectivity index (χ4n) is 0.314. The number of nitrogens with zero attached hydrogens (tertiary/aromatic N) is 1. The Bertz CT molecular complexity index is 142. The number of oxime groups is 1. The Balaban J connectivity index is 3.93. The van der Waals surface area contributed by atoms with Crippen LogP contribution in [0.25, 0.3) is 0 Å². The lowest BCUT2D eigenvalue weighted by Crippen LogP contribution is -2.17. The van der Waals surface area contributed by atoms with E-state index in [1.807, 2.05) is 27.7 Å². The maximum Gasteiger partial charge on any atom is 0.129 e. The van der Waals surface area contributed by atoms with E-state index in [0.717, 1.165) is 5.71 Å². The average molecular weight is 157 g/mol. The van der Waals surface area contributed by atoms with Gasteiger partial charge in [-0.15, -0.1) is 0 Å². The van der Waals surface area contributed by atoms with Crippen LogP contribution in [-0.4, -0.2) is 11.3 Å². The van der Waals surface area contributed by atoms with Crippen LogP contribution in [0.15, 0.2) is 5.16 Å². The topological polar surface area (TPSA) is 21.6 Å². The first-order valence-corrected chi connectivity index (χ1v) is 4.05. The summed E-state index contributed by atoms with van der Waals surface area (Å²) >= 11 is 0.